The summed E-state index contributed by atoms with van der Waals surface area (Å²) < 4.78 is 10.7. The number of nitrogens with one attached hydrogen (secondary N) is 2. The first-order valence-electron chi connectivity index (χ1n) is 10.3. The Morgan fingerprint density at radius 3 is 2.48 bits per heavy atom. The van der Waals surface area contributed by atoms with Crippen LogP contribution in [0.15, 0.2) is 18.2 Å². The Morgan fingerprint density at radius 1 is 1.13 bits per heavy atom. The number of anilines is 1. The quantitative estimate of drug-likeness (QED) is 0.274. The molecule has 1 rings (SSSR count). The van der Waals surface area contributed by atoms with Crippen LogP contribution in [-0.4, -0.2) is 53.4 Å². The number of esters is 1. The van der Waals surface area contributed by atoms with Crippen LogP contribution in [0.4, 0.5) is 5.69 Å². The SMILES string of the molecule is CC(C)C(=O)OCc1ccc(O)c(NC(=O)CCNC(=O)CCOC(C)(C)CCO)c1. The van der Waals surface area contributed by atoms with Crippen LogP contribution in [0.3, 0.4) is 0 Å². The average Bonchev–Trinajstić information content (AvgIpc) is 2.67. The van der Waals surface area contributed by atoms with Crippen LogP contribution in [0.25, 0.3) is 0 Å². The molecule has 0 bridgehead atoms. The predicted molar refractivity (Wildman–Crippen MR) is 115 cm³/mol. The number of phenolic OH excluding ortho intramolecular Hbond substituents is 1. The highest BCUT2D eigenvalue weighted by Gasteiger charge is 2.18. The van der Waals surface area contributed by atoms with Crippen molar-refractivity contribution in [1.82, 2.24) is 5.32 Å². The Bertz CT molecular complexity index is 747. The molecule has 9 heteroatoms. The van der Waals surface area contributed by atoms with Crippen molar-refractivity contribution in [3.63, 3.8) is 0 Å². The summed E-state index contributed by atoms with van der Waals surface area (Å²) in [5, 5.41) is 24.1. The van der Waals surface area contributed by atoms with E-state index in [1.165, 1.54) is 12.1 Å². The zero-order valence-electron chi connectivity index (χ0n) is 18.7. The molecule has 0 spiro atoms. The van der Waals surface area contributed by atoms with E-state index in [1.807, 2.05) is 13.8 Å². The third-order valence-corrected chi connectivity index (χ3v) is 4.40. The van der Waals surface area contributed by atoms with E-state index in [0.29, 0.717) is 12.0 Å². The molecule has 0 atom stereocenters. The van der Waals surface area contributed by atoms with Gasteiger partial charge in [-0.15, -0.1) is 0 Å². The molecule has 0 radical (unpaired) electrons. The second kappa shape index (κ2) is 12.9. The van der Waals surface area contributed by atoms with Crippen molar-refractivity contribution in [2.24, 2.45) is 5.92 Å². The van der Waals surface area contributed by atoms with Gasteiger partial charge in [-0.05, 0) is 38.0 Å². The number of carbonyl (C=O) groups excluding carboxylic acids is 3. The van der Waals surface area contributed by atoms with E-state index in [4.69, 9.17) is 14.6 Å². The first-order chi connectivity index (χ1) is 14.5. The average molecular weight is 439 g/mol. The number of amides is 2. The minimum Gasteiger partial charge on any atom is -0.506 e. The topological polar surface area (TPSA) is 134 Å². The lowest BCUT2D eigenvalue weighted by molar-refractivity contribution is -0.148. The number of ether oxygens (including phenoxy) is 2. The van der Waals surface area contributed by atoms with Gasteiger partial charge in [-0.1, -0.05) is 19.9 Å². The number of aliphatic hydroxyl groups excluding tert-OH is 1. The van der Waals surface area contributed by atoms with Crippen LogP contribution in [-0.2, 0) is 30.5 Å². The first kappa shape index (κ1) is 26.4. The van der Waals surface area contributed by atoms with Crippen molar-refractivity contribution < 1.29 is 34.1 Å². The zero-order chi connectivity index (χ0) is 23.4. The number of aliphatic hydroxyl groups is 1. The molecule has 0 aliphatic heterocycles. The fourth-order valence-electron chi connectivity index (χ4n) is 2.47. The predicted octanol–water partition coefficient (Wildman–Crippen LogP) is 2.10. The van der Waals surface area contributed by atoms with E-state index < -0.39 is 5.60 Å². The third-order valence-electron chi connectivity index (χ3n) is 4.40. The van der Waals surface area contributed by atoms with E-state index >= 15 is 0 Å². The maximum atomic E-state index is 12.1. The summed E-state index contributed by atoms with van der Waals surface area (Å²) in [5.74, 6) is -1.32. The molecular weight excluding hydrogens is 404 g/mol. The highest BCUT2D eigenvalue weighted by Crippen LogP contribution is 2.25. The summed E-state index contributed by atoms with van der Waals surface area (Å²) in [6.45, 7) is 7.53. The van der Waals surface area contributed by atoms with E-state index in [1.54, 1.807) is 19.9 Å². The molecule has 1 aromatic rings. The second-order valence-electron chi connectivity index (χ2n) is 8.09. The Balaban J connectivity index is 2.39. The van der Waals surface area contributed by atoms with Gasteiger partial charge in [0.25, 0.3) is 0 Å². The van der Waals surface area contributed by atoms with Gasteiger partial charge in [0.05, 0.1) is 23.8 Å². The molecule has 0 fully saturated rings. The number of benzene rings is 1. The van der Waals surface area contributed by atoms with Gasteiger partial charge in [0, 0.05) is 26.0 Å². The molecule has 0 heterocycles. The summed E-state index contributed by atoms with van der Waals surface area (Å²) in [6.07, 6.45) is 0.645. The Morgan fingerprint density at radius 2 is 1.84 bits per heavy atom. The highest BCUT2D eigenvalue weighted by atomic mass is 16.5. The van der Waals surface area contributed by atoms with E-state index in [-0.39, 0.29) is 74.3 Å². The third kappa shape index (κ3) is 10.8. The van der Waals surface area contributed by atoms with E-state index in [2.05, 4.69) is 10.6 Å². The van der Waals surface area contributed by atoms with Gasteiger partial charge in [-0.2, -0.15) is 0 Å². The van der Waals surface area contributed by atoms with Crippen molar-refractivity contribution in [2.75, 3.05) is 25.1 Å². The lowest BCUT2D eigenvalue weighted by Gasteiger charge is -2.24. The summed E-state index contributed by atoms with van der Waals surface area (Å²) >= 11 is 0. The number of rotatable bonds is 13. The minimum atomic E-state index is -0.501. The lowest BCUT2D eigenvalue weighted by atomic mass is 10.1. The van der Waals surface area contributed by atoms with E-state index in [9.17, 15) is 19.5 Å². The first-order valence-corrected chi connectivity index (χ1v) is 10.3. The van der Waals surface area contributed by atoms with Crippen LogP contribution in [0.1, 0.15) is 52.5 Å². The zero-order valence-corrected chi connectivity index (χ0v) is 18.7. The molecule has 0 aliphatic carbocycles. The van der Waals surface area contributed by atoms with E-state index in [0.717, 1.165) is 0 Å². The van der Waals surface area contributed by atoms with Crippen LogP contribution in [0.5, 0.6) is 5.75 Å². The molecule has 4 N–H and O–H groups in total. The summed E-state index contributed by atoms with van der Waals surface area (Å²) in [5.41, 5.74) is 0.326. The highest BCUT2D eigenvalue weighted by molar-refractivity contribution is 5.92. The second-order valence-corrected chi connectivity index (χ2v) is 8.09. The van der Waals surface area contributed by atoms with Crippen LogP contribution >= 0.6 is 0 Å². The lowest BCUT2D eigenvalue weighted by Crippen LogP contribution is -2.31. The van der Waals surface area contributed by atoms with Crippen molar-refractivity contribution in [3.05, 3.63) is 23.8 Å². The van der Waals surface area contributed by atoms with Gasteiger partial charge in [-0.25, -0.2) is 0 Å². The van der Waals surface area contributed by atoms with Gasteiger partial charge in [0.1, 0.15) is 12.4 Å². The molecule has 0 unspecified atom stereocenters. The largest absolute Gasteiger partial charge is 0.506 e. The molecule has 2 amide bonds. The van der Waals surface area contributed by atoms with Gasteiger partial charge < -0.3 is 30.3 Å². The number of hydrogen-bond acceptors (Lipinski definition) is 7. The van der Waals surface area contributed by atoms with Crippen LogP contribution in [0.2, 0.25) is 0 Å². The molecular formula is C22H34N2O7. The van der Waals surface area contributed by atoms with Crippen LogP contribution in [0, 0.1) is 5.92 Å². The summed E-state index contributed by atoms with van der Waals surface area (Å²) in [6, 6.07) is 4.54. The molecule has 0 aromatic heterocycles. The number of carbonyl (C=O) groups is 3. The monoisotopic (exact) mass is 438 g/mol. The molecule has 1 aromatic carbocycles. The Kier molecular flexibility index (Phi) is 11.0. The van der Waals surface area contributed by atoms with Crippen molar-refractivity contribution in [1.29, 1.82) is 0 Å². The molecule has 0 aliphatic rings. The molecule has 0 saturated heterocycles. The summed E-state index contributed by atoms with van der Waals surface area (Å²) in [4.78, 5) is 35.5. The Labute approximate surface area is 183 Å². The molecule has 0 saturated carbocycles. The fraction of sp³-hybridized carbons (Fsp3) is 0.591. The standard InChI is InChI=1S/C22H34N2O7/c1-15(2)21(29)30-14-16-5-6-18(26)17(13-16)24-20(28)7-10-23-19(27)8-12-31-22(3,4)9-11-25/h5-6,13,15,25-26H,7-12,14H2,1-4H3,(H,23,27)(H,24,28). The maximum absolute atomic E-state index is 12.1. The molecule has 9 nitrogen and oxygen atoms in total. The Hall–Kier alpha value is -2.65. The fourth-order valence-corrected chi connectivity index (χ4v) is 2.47. The minimum absolute atomic E-state index is 0.00979. The van der Waals surface area contributed by atoms with Gasteiger partial charge in [-0.3, -0.25) is 14.4 Å². The smallest absolute Gasteiger partial charge is 0.308 e. The number of phenols is 1. The van der Waals surface area contributed by atoms with Gasteiger partial charge >= 0.3 is 5.97 Å². The van der Waals surface area contributed by atoms with Crippen molar-refractivity contribution >= 4 is 23.5 Å². The summed E-state index contributed by atoms with van der Waals surface area (Å²) in [7, 11) is 0. The van der Waals surface area contributed by atoms with Crippen molar-refractivity contribution in [2.45, 2.75) is 59.2 Å². The number of aromatic hydroxyl groups is 1. The maximum Gasteiger partial charge on any atom is 0.308 e. The van der Waals surface area contributed by atoms with Crippen molar-refractivity contribution in [3.8, 4) is 5.75 Å². The molecule has 174 valence electrons. The number of hydrogen-bond donors (Lipinski definition) is 4. The van der Waals surface area contributed by atoms with Gasteiger partial charge in [0.2, 0.25) is 11.8 Å². The molecule has 31 heavy (non-hydrogen) atoms. The normalized spacial score (nSPS) is 11.3. The van der Waals surface area contributed by atoms with Crippen LogP contribution < -0.4 is 10.6 Å². The van der Waals surface area contributed by atoms with Gasteiger partial charge in [0.15, 0.2) is 0 Å².